The van der Waals surface area contributed by atoms with Crippen LogP contribution in [0.25, 0.3) is 0 Å². The Morgan fingerprint density at radius 1 is 1.15 bits per heavy atom. The Kier molecular flexibility index (Phi) is 5.14. The third kappa shape index (κ3) is 3.65. The summed E-state index contributed by atoms with van der Waals surface area (Å²) < 4.78 is 6.72. The molecule has 2 bridgehead atoms. The van der Waals surface area contributed by atoms with Crippen molar-refractivity contribution in [2.45, 2.75) is 76.9 Å². The van der Waals surface area contributed by atoms with E-state index in [4.69, 9.17) is 4.43 Å². The number of hydrogen-bond acceptors (Lipinski definition) is 3. The number of amides is 1. The minimum Gasteiger partial charge on any atom is -0.411 e. The molecule has 1 aromatic carbocycles. The average molecular weight is 374 g/mol. The Bertz CT molecular complexity index is 680. The molecule has 0 unspecified atom stereocenters. The van der Waals surface area contributed by atoms with Crippen LogP contribution < -0.4 is 0 Å². The monoisotopic (exact) mass is 373 g/mol. The molecule has 1 aliphatic heterocycles. The van der Waals surface area contributed by atoms with Crippen LogP contribution in [-0.4, -0.2) is 37.1 Å². The fourth-order valence-corrected chi connectivity index (χ4v) is 5.14. The predicted molar refractivity (Wildman–Crippen MR) is 105 cm³/mol. The predicted octanol–water partition coefficient (Wildman–Crippen LogP) is 4.16. The van der Waals surface area contributed by atoms with E-state index in [0.717, 1.165) is 5.56 Å². The van der Waals surface area contributed by atoms with Gasteiger partial charge in [0.15, 0.2) is 8.32 Å². The fraction of sp³-hybridized carbons (Fsp3) is 0.619. The summed E-state index contributed by atoms with van der Waals surface area (Å²) in [4.78, 5) is 27.4. The number of ketones is 1. The van der Waals surface area contributed by atoms with Crippen LogP contribution in [-0.2, 0) is 20.6 Å². The van der Waals surface area contributed by atoms with Crippen molar-refractivity contribution in [1.29, 1.82) is 0 Å². The summed E-state index contributed by atoms with van der Waals surface area (Å²) in [7, 11) is -2.02. The SMILES string of the molecule is CC(C)(C)[Si](C)(C)O[C@H]1[C@@H]2CCC(=O)C[C@H]1N(Cc1ccccc1)C2=O. The van der Waals surface area contributed by atoms with E-state index in [1.54, 1.807) is 0 Å². The van der Waals surface area contributed by atoms with E-state index in [2.05, 4.69) is 33.9 Å². The van der Waals surface area contributed by atoms with Gasteiger partial charge in [0.05, 0.1) is 18.1 Å². The van der Waals surface area contributed by atoms with Gasteiger partial charge < -0.3 is 9.33 Å². The number of Topliss-reactive ketones (excluding diaryl/α,β-unsaturated/α-hetero) is 1. The summed E-state index contributed by atoms with van der Waals surface area (Å²) in [5.41, 5.74) is 1.10. The molecule has 2 aliphatic rings. The third-order valence-electron chi connectivity index (χ3n) is 6.38. The normalized spacial score (nSPS) is 27.0. The zero-order valence-corrected chi connectivity index (χ0v) is 17.6. The van der Waals surface area contributed by atoms with E-state index in [0.29, 0.717) is 25.8 Å². The number of nitrogens with zero attached hydrogens (tertiary/aromatic N) is 1. The summed E-state index contributed by atoms with van der Waals surface area (Å²) in [6.45, 7) is 11.7. The molecule has 3 atom stereocenters. The topological polar surface area (TPSA) is 46.6 Å². The molecule has 1 heterocycles. The van der Waals surface area contributed by atoms with Gasteiger partial charge in [0.25, 0.3) is 0 Å². The summed E-state index contributed by atoms with van der Waals surface area (Å²) in [6, 6.07) is 9.90. The number of rotatable bonds is 4. The van der Waals surface area contributed by atoms with Crippen molar-refractivity contribution in [2.24, 2.45) is 5.92 Å². The van der Waals surface area contributed by atoms with E-state index in [-0.39, 0.29) is 34.8 Å². The first-order valence-corrected chi connectivity index (χ1v) is 12.5. The summed E-state index contributed by atoms with van der Waals surface area (Å²) in [6.07, 6.45) is 1.40. The van der Waals surface area contributed by atoms with Gasteiger partial charge in [-0.1, -0.05) is 51.1 Å². The van der Waals surface area contributed by atoms with Crippen LogP contribution in [0.1, 0.15) is 45.6 Å². The minimum absolute atomic E-state index is 0.0794. The summed E-state index contributed by atoms with van der Waals surface area (Å²) in [5.74, 6) is 0.242. The van der Waals surface area contributed by atoms with Crippen molar-refractivity contribution < 1.29 is 14.0 Å². The van der Waals surface area contributed by atoms with Gasteiger partial charge in [-0.05, 0) is 30.1 Å². The lowest BCUT2D eigenvalue weighted by atomic mass is 9.99. The molecule has 1 aromatic rings. The smallest absolute Gasteiger partial charge is 0.229 e. The van der Waals surface area contributed by atoms with Crippen molar-refractivity contribution in [2.75, 3.05) is 0 Å². The molecule has 0 spiro atoms. The lowest BCUT2D eigenvalue weighted by Crippen LogP contribution is -2.48. The molecule has 26 heavy (non-hydrogen) atoms. The molecule has 1 amide bonds. The standard InChI is InChI=1S/C21H31NO3Si/c1-21(2,3)26(4,5)25-19-17-12-11-16(23)13-18(19)22(20(17)24)14-15-9-7-6-8-10-15/h6-10,17-19H,11-14H2,1-5H3/t17-,18+,19-/m0/s1. The van der Waals surface area contributed by atoms with Crippen molar-refractivity contribution in [3.05, 3.63) is 35.9 Å². The lowest BCUT2D eigenvalue weighted by molar-refractivity contribution is -0.134. The van der Waals surface area contributed by atoms with Gasteiger partial charge in [-0.3, -0.25) is 9.59 Å². The summed E-state index contributed by atoms with van der Waals surface area (Å²) in [5, 5.41) is 0.0794. The lowest BCUT2D eigenvalue weighted by Gasteiger charge is -2.40. The van der Waals surface area contributed by atoms with Gasteiger partial charge in [-0.2, -0.15) is 0 Å². The highest BCUT2D eigenvalue weighted by molar-refractivity contribution is 6.74. The number of fused-ring (bicyclic) bond motifs is 2. The molecular weight excluding hydrogens is 342 g/mol. The second-order valence-corrected chi connectivity index (χ2v) is 14.0. The number of benzene rings is 1. The maximum absolute atomic E-state index is 13.1. The zero-order chi connectivity index (χ0) is 19.1. The molecule has 0 aromatic heterocycles. The van der Waals surface area contributed by atoms with Gasteiger partial charge in [0.2, 0.25) is 5.91 Å². The Morgan fingerprint density at radius 2 is 1.81 bits per heavy atom. The maximum Gasteiger partial charge on any atom is 0.229 e. The van der Waals surface area contributed by atoms with E-state index < -0.39 is 8.32 Å². The Morgan fingerprint density at radius 3 is 2.42 bits per heavy atom. The second-order valence-electron chi connectivity index (χ2n) is 9.25. The highest BCUT2D eigenvalue weighted by atomic mass is 28.4. The first-order valence-electron chi connectivity index (χ1n) is 9.64. The second kappa shape index (κ2) is 6.93. The van der Waals surface area contributed by atoms with Crippen LogP contribution >= 0.6 is 0 Å². The largest absolute Gasteiger partial charge is 0.411 e. The molecular formula is C21H31NO3Si. The van der Waals surface area contributed by atoms with Crippen LogP contribution in [0.15, 0.2) is 30.3 Å². The van der Waals surface area contributed by atoms with Crippen LogP contribution in [0.3, 0.4) is 0 Å². The van der Waals surface area contributed by atoms with Gasteiger partial charge in [-0.25, -0.2) is 0 Å². The molecule has 2 fully saturated rings. The molecule has 0 N–H and O–H groups in total. The number of carbonyl (C=O) groups excluding carboxylic acids is 2. The van der Waals surface area contributed by atoms with Crippen molar-refractivity contribution in [3.63, 3.8) is 0 Å². The Labute approximate surface area is 158 Å². The molecule has 1 aliphatic carbocycles. The van der Waals surface area contributed by atoms with Gasteiger partial charge in [0.1, 0.15) is 5.78 Å². The minimum atomic E-state index is -2.02. The van der Waals surface area contributed by atoms with Gasteiger partial charge in [0, 0.05) is 19.4 Å². The van der Waals surface area contributed by atoms with Crippen LogP contribution in [0, 0.1) is 5.92 Å². The number of likely N-dealkylation sites (tertiary alicyclic amines) is 1. The summed E-state index contributed by atoms with van der Waals surface area (Å²) >= 11 is 0. The van der Waals surface area contributed by atoms with E-state index in [1.165, 1.54) is 0 Å². The Balaban J connectivity index is 1.89. The molecule has 1 saturated heterocycles. The number of carbonyl (C=O) groups is 2. The van der Waals surface area contributed by atoms with Crippen LogP contribution in [0.5, 0.6) is 0 Å². The van der Waals surface area contributed by atoms with E-state index >= 15 is 0 Å². The van der Waals surface area contributed by atoms with Crippen LogP contribution in [0.2, 0.25) is 18.1 Å². The van der Waals surface area contributed by atoms with E-state index in [1.807, 2.05) is 35.2 Å². The fourth-order valence-electron chi connectivity index (χ4n) is 3.78. The van der Waals surface area contributed by atoms with Gasteiger partial charge >= 0.3 is 0 Å². The van der Waals surface area contributed by atoms with Gasteiger partial charge in [-0.15, -0.1) is 0 Å². The number of hydrogen-bond donors (Lipinski definition) is 0. The Hall–Kier alpha value is -1.46. The molecule has 0 radical (unpaired) electrons. The van der Waals surface area contributed by atoms with Crippen molar-refractivity contribution >= 4 is 20.0 Å². The molecule has 142 valence electrons. The quantitative estimate of drug-likeness (QED) is 0.745. The van der Waals surface area contributed by atoms with Crippen molar-refractivity contribution in [1.82, 2.24) is 4.90 Å². The average Bonchev–Trinajstić information content (AvgIpc) is 2.68. The maximum atomic E-state index is 13.1. The third-order valence-corrected chi connectivity index (χ3v) is 10.9. The van der Waals surface area contributed by atoms with Crippen molar-refractivity contribution in [3.8, 4) is 0 Å². The molecule has 4 nitrogen and oxygen atoms in total. The highest BCUT2D eigenvalue weighted by Gasteiger charge is 2.53. The van der Waals surface area contributed by atoms with Crippen LogP contribution in [0.4, 0.5) is 0 Å². The molecule has 1 saturated carbocycles. The zero-order valence-electron chi connectivity index (χ0n) is 16.6. The molecule has 5 heteroatoms. The highest BCUT2D eigenvalue weighted by Crippen LogP contribution is 2.43. The molecule has 3 rings (SSSR count). The van der Waals surface area contributed by atoms with E-state index in [9.17, 15) is 9.59 Å². The first kappa shape index (κ1) is 19.3. The first-order chi connectivity index (χ1) is 12.1.